The molecule has 2 heterocycles. The molecule has 1 aliphatic carbocycles. The fraction of sp³-hybridized carbons (Fsp3) is 0.292. The summed E-state index contributed by atoms with van der Waals surface area (Å²) in [6, 6.07) is 16.2. The van der Waals surface area contributed by atoms with Gasteiger partial charge in [-0.15, -0.1) is 0 Å². The van der Waals surface area contributed by atoms with Gasteiger partial charge in [0.15, 0.2) is 11.2 Å². The van der Waals surface area contributed by atoms with Crippen LogP contribution in [0, 0.1) is 0 Å². The summed E-state index contributed by atoms with van der Waals surface area (Å²) < 4.78 is 9.69. The lowest BCUT2D eigenvalue weighted by Gasteiger charge is -2.17. The van der Waals surface area contributed by atoms with Crippen LogP contribution in [0.5, 0.6) is 5.75 Å². The Labute approximate surface area is 184 Å². The molecular formula is C24H25N5O3. The summed E-state index contributed by atoms with van der Waals surface area (Å²) in [5.74, 6) is 1.35. The van der Waals surface area contributed by atoms with E-state index in [0.29, 0.717) is 23.7 Å². The lowest BCUT2D eigenvalue weighted by Crippen LogP contribution is -2.37. The van der Waals surface area contributed by atoms with Gasteiger partial charge < -0.3 is 10.1 Å². The van der Waals surface area contributed by atoms with Gasteiger partial charge in [-0.1, -0.05) is 36.4 Å². The van der Waals surface area contributed by atoms with Crippen LogP contribution in [0.15, 0.2) is 58.1 Å². The Hall–Kier alpha value is -3.81. The summed E-state index contributed by atoms with van der Waals surface area (Å²) in [7, 11) is 4.77. The topological polar surface area (TPSA) is 83.1 Å². The average Bonchev–Trinajstić information content (AvgIpc) is 3.39. The quantitative estimate of drug-likeness (QED) is 0.525. The largest absolute Gasteiger partial charge is 0.497 e. The van der Waals surface area contributed by atoms with Gasteiger partial charge in [-0.3, -0.25) is 18.5 Å². The molecule has 0 aliphatic heterocycles. The maximum Gasteiger partial charge on any atom is 0.332 e. The van der Waals surface area contributed by atoms with Gasteiger partial charge in [0.05, 0.1) is 19.7 Å². The molecule has 8 nitrogen and oxygen atoms in total. The van der Waals surface area contributed by atoms with Crippen LogP contribution < -0.4 is 21.3 Å². The lowest BCUT2D eigenvalue weighted by molar-refractivity contribution is 0.414. The second kappa shape index (κ2) is 7.71. The van der Waals surface area contributed by atoms with Gasteiger partial charge in [-0.25, -0.2) is 4.79 Å². The van der Waals surface area contributed by atoms with E-state index >= 15 is 0 Å². The van der Waals surface area contributed by atoms with Crippen molar-refractivity contribution >= 4 is 17.1 Å². The molecule has 0 spiro atoms. The molecule has 0 amide bonds. The predicted octanol–water partition coefficient (Wildman–Crippen LogP) is 2.59. The number of aryl methyl sites for hydroxylation is 2. The first-order valence-corrected chi connectivity index (χ1v) is 10.6. The summed E-state index contributed by atoms with van der Waals surface area (Å²) in [5.41, 5.74) is 3.59. The van der Waals surface area contributed by atoms with Gasteiger partial charge in [-0.2, -0.15) is 4.98 Å². The van der Waals surface area contributed by atoms with Crippen LogP contribution >= 0.6 is 0 Å². The van der Waals surface area contributed by atoms with E-state index in [0.717, 1.165) is 28.7 Å². The van der Waals surface area contributed by atoms with E-state index in [9.17, 15) is 9.59 Å². The molecule has 1 aliphatic rings. The van der Waals surface area contributed by atoms with Crippen molar-refractivity contribution in [1.82, 2.24) is 18.7 Å². The summed E-state index contributed by atoms with van der Waals surface area (Å²) in [6.07, 6.45) is 1.94. The summed E-state index contributed by atoms with van der Waals surface area (Å²) in [6.45, 7) is 0.435. The second-order valence-electron chi connectivity index (χ2n) is 8.18. The number of imidazole rings is 1. The van der Waals surface area contributed by atoms with Gasteiger partial charge in [0.1, 0.15) is 5.75 Å². The highest BCUT2D eigenvalue weighted by atomic mass is 16.5. The monoisotopic (exact) mass is 431 g/mol. The molecule has 1 atom stereocenters. The van der Waals surface area contributed by atoms with Crippen LogP contribution in [-0.4, -0.2) is 25.8 Å². The van der Waals surface area contributed by atoms with Crippen LogP contribution in [0.1, 0.15) is 29.2 Å². The van der Waals surface area contributed by atoms with Crippen LogP contribution in [0.3, 0.4) is 0 Å². The zero-order valence-electron chi connectivity index (χ0n) is 18.3. The number of nitrogens with one attached hydrogen (secondary N) is 1. The average molecular weight is 431 g/mol. The minimum Gasteiger partial charge on any atom is -0.497 e. The molecule has 0 saturated heterocycles. The minimum atomic E-state index is -0.394. The Morgan fingerprint density at radius 3 is 2.56 bits per heavy atom. The first kappa shape index (κ1) is 20.1. The maximum atomic E-state index is 13.1. The van der Waals surface area contributed by atoms with Crippen molar-refractivity contribution in [2.24, 2.45) is 14.1 Å². The van der Waals surface area contributed by atoms with Crippen molar-refractivity contribution in [2.45, 2.75) is 25.4 Å². The van der Waals surface area contributed by atoms with Gasteiger partial charge in [-0.05, 0) is 41.7 Å². The highest BCUT2D eigenvalue weighted by Crippen LogP contribution is 2.34. The van der Waals surface area contributed by atoms with E-state index in [-0.39, 0.29) is 11.6 Å². The molecule has 4 aromatic rings. The van der Waals surface area contributed by atoms with Gasteiger partial charge in [0.2, 0.25) is 5.95 Å². The Kier molecular flexibility index (Phi) is 4.84. The molecule has 8 heteroatoms. The van der Waals surface area contributed by atoms with Crippen molar-refractivity contribution in [3.8, 4) is 5.75 Å². The molecular weight excluding hydrogens is 406 g/mol. The molecule has 0 fully saturated rings. The molecule has 32 heavy (non-hydrogen) atoms. The number of fused-ring (bicyclic) bond motifs is 2. The number of rotatable bonds is 5. The normalized spacial score (nSPS) is 15.2. The molecule has 0 radical (unpaired) electrons. The first-order chi connectivity index (χ1) is 15.5. The summed E-state index contributed by atoms with van der Waals surface area (Å²) >= 11 is 0. The highest BCUT2D eigenvalue weighted by Gasteiger charge is 2.25. The number of nitrogens with zero attached hydrogens (tertiary/aromatic N) is 4. The third kappa shape index (κ3) is 3.19. The van der Waals surface area contributed by atoms with Gasteiger partial charge >= 0.3 is 5.69 Å². The third-order valence-electron chi connectivity index (χ3n) is 6.28. The number of ether oxygens (including phenoxy) is 1. The fourth-order valence-corrected chi connectivity index (χ4v) is 4.49. The fourth-order valence-electron chi connectivity index (χ4n) is 4.49. The lowest BCUT2D eigenvalue weighted by atomic mass is 10.1. The minimum absolute atomic E-state index is 0.0958. The van der Waals surface area contributed by atoms with Crippen LogP contribution in [0.2, 0.25) is 0 Å². The number of hydrogen-bond acceptors (Lipinski definition) is 5. The van der Waals surface area contributed by atoms with Crippen LogP contribution in [0.25, 0.3) is 11.2 Å². The van der Waals surface area contributed by atoms with Crippen LogP contribution in [0.4, 0.5) is 5.95 Å². The Morgan fingerprint density at radius 1 is 1.06 bits per heavy atom. The molecule has 5 rings (SSSR count). The van der Waals surface area contributed by atoms with Crippen molar-refractivity contribution in [3.63, 3.8) is 0 Å². The first-order valence-electron chi connectivity index (χ1n) is 10.6. The maximum absolute atomic E-state index is 13.1. The second-order valence-corrected chi connectivity index (χ2v) is 8.18. The zero-order valence-corrected chi connectivity index (χ0v) is 18.3. The van der Waals surface area contributed by atoms with E-state index in [1.54, 1.807) is 14.2 Å². The Bertz CT molecular complexity index is 1430. The predicted molar refractivity (Wildman–Crippen MR) is 123 cm³/mol. The molecule has 0 unspecified atom stereocenters. The molecule has 0 bridgehead atoms. The SMILES string of the molecule is COc1ccc(Cn2c(N[C@@H]3CCc4ccccc43)nc3c2c(=O)n(C)c(=O)n3C)cc1. The summed E-state index contributed by atoms with van der Waals surface area (Å²) in [4.78, 5) is 30.3. The molecule has 0 saturated carbocycles. The number of anilines is 1. The Morgan fingerprint density at radius 2 is 1.81 bits per heavy atom. The summed E-state index contributed by atoms with van der Waals surface area (Å²) in [5, 5.41) is 3.55. The molecule has 2 aromatic carbocycles. The Balaban J connectivity index is 1.65. The third-order valence-corrected chi connectivity index (χ3v) is 6.28. The molecule has 164 valence electrons. The number of benzene rings is 2. The smallest absolute Gasteiger partial charge is 0.332 e. The molecule has 1 N–H and O–H groups in total. The van der Waals surface area contributed by atoms with Crippen molar-refractivity contribution in [1.29, 1.82) is 0 Å². The van der Waals surface area contributed by atoms with E-state index in [4.69, 9.17) is 9.72 Å². The number of hydrogen-bond donors (Lipinski definition) is 1. The van der Waals surface area contributed by atoms with E-state index in [1.165, 1.54) is 22.7 Å². The molecule has 2 aromatic heterocycles. The standard InChI is InChI=1S/C24H25N5O3/c1-27-21-20(22(30)28(2)24(27)31)29(14-15-8-11-17(32-3)12-9-15)23(26-21)25-19-13-10-16-6-4-5-7-18(16)19/h4-9,11-12,19H,10,13-14H2,1-3H3,(H,25,26)/t19-/m1/s1. The van der Waals surface area contributed by atoms with E-state index in [1.807, 2.05) is 34.9 Å². The van der Waals surface area contributed by atoms with E-state index < -0.39 is 5.69 Å². The van der Waals surface area contributed by atoms with Gasteiger partial charge in [0.25, 0.3) is 5.56 Å². The number of methoxy groups -OCH3 is 1. The van der Waals surface area contributed by atoms with Crippen molar-refractivity contribution in [3.05, 3.63) is 86.1 Å². The van der Waals surface area contributed by atoms with Crippen LogP contribution in [-0.2, 0) is 27.1 Å². The van der Waals surface area contributed by atoms with Crippen molar-refractivity contribution in [2.75, 3.05) is 12.4 Å². The number of aromatic nitrogens is 4. The van der Waals surface area contributed by atoms with Gasteiger partial charge in [0, 0.05) is 14.1 Å². The highest BCUT2D eigenvalue weighted by molar-refractivity contribution is 5.74. The van der Waals surface area contributed by atoms with E-state index in [2.05, 4.69) is 23.5 Å². The zero-order chi connectivity index (χ0) is 22.4. The van der Waals surface area contributed by atoms with Crippen molar-refractivity contribution < 1.29 is 4.74 Å².